The van der Waals surface area contributed by atoms with Crippen LogP contribution in [-0.4, -0.2) is 32.2 Å². The van der Waals surface area contributed by atoms with E-state index in [4.69, 9.17) is 5.73 Å². The second-order valence-corrected chi connectivity index (χ2v) is 2.79. The van der Waals surface area contributed by atoms with Crippen molar-refractivity contribution in [2.24, 2.45) is 5.73 Å². The predicted molar refractivity (Wildman–Crippen MR) is 42.9 cm³/mol. The van der Waals surface area contributed by atoms with Crippen molar-refractivity contribution in [3.05, 3.63) is 0 Å². The second-order valence-electron chi connectivity index (χ2n) is 2.79. The van der Waals surface area contributed by atoms with Gasteiger partial charge in [-0.05, 0) is 32.5 Å². The van der Waals surface area contributed by atoms with E-state index < -0.39 is 0 Å². The Morgan fingerprint density at radius 2 is 2.50 bits per heavy atom. The zero-order chi connectivity index (χ0) is 7.23. The van der Waals surface area contributed by atoms with Gasteiger partial charge in [-0.1, -0.05) is 0 Å². The lowest BCUT2D eigenvalue weighted by Gasteiger charge is -2.09. The Balaban J connectivity index is 1.91. The van der Waals surface area contributed by atoms with Gasteiger partial charge < -0.3 is 16.4 Å². The minimum absolute atomic E-state index is 0.701. The molecule has 60 valence electrons. The number of nitrogens with two attached hydrogens (primary N) is 1. The fourth-order valence-electron chi connectivity index (χ4n) is 1.24. The highest BCUT2D eigenvalue weighted by molar-refractivity contribution is 4.76. The summed E-state index contributed by atoms with van der Waals surface area (Å²) in [6.45, 7) is 4.17. The smallest absolute Gasteiger partial charge is 0.0204 e. The lowest BCUT2D eigenvalue weighted by molar-refractivity contribution is 0.538. The topological polar surface area (TPSA) is 50.1 Å². The molecule has 0 aromatic heterocycles. The maximum absolute atomic E-state index is 5.36. The van der Waals surface area contributed by atoms with Crippen molar-refractivity contribution in [3.8, 4) is 0 Å². The molecule has 0 amide bonds. The molecular weight excluding hydrogens is 126 g/mol. The molecule has 0 aromatic rings. The molecule has 4 N–H and O–H groups in total. The molecule has 1 aliphatic rings. The summed E-state index contributed by atoms with van der Waals surface area (Å²) in [6, 6.07) is 0.701. The molecule has 1 atom stereocenters. The van der Waals surface area contributed by atoms with E-state index >= 15 is 0 Å². The van der Waals surface area contributed by atoms with Crippen molar-refractivity contribution in [2.75, 3.05) is 26.2 Å². The van der Waals surface area contributed by atoms with E-state index in [0.717, 1.165) is 26.1 Å². The molecule has 0 unspecified atom stereocenters. The maximum Gasteiger partial charge on any atom is 0.0204 e. The summed E-state index contributed by atoms with van der Waals surface area (Å²) < 4.78 is 0. The molecule has 1 heterocycles. The zero-order valence-electron chi connectivity index (χ0n) is 6.40. The van der Waals surface area contributed by atoms with E-state index in [-0.39, 0.29) is 0 Å². The van der Waals surface area contributed by atoms with Crippen LogP contribution in [-0.2, 0) is 0 Å². The monoisotopic (exact) mass is 143 g/mol. The first-order chi connectivity index (χ1) is 4.93. The summed E-state index contributed by atoms with van der Waals surface area (Å²) in [6.07, 6.45) is 2.36. The van der Waals surface area contributed by atoms with E-state index in [1.54, 1.807) is 0 Å². The Morgan fingerprint density at radius 1 is 1.60 bits per heavy atom. The third kappa shape index (κ3) is 2.64. The molecule has 3 heteroatoms. The SMILES string of the molecule is NCCCN[C@H]1CCNC1. The van der Waals surface area contributed by atoms with Crippen molar-refractivity contribution in [1.82, 2.24) is 10.6 Å². The summed E-state index contributed by atoms with van der Waals surface area (Å²) in [5.74, 6) is 0. The van der Waals surface area contributed by atoms with Gasteiger partial charge in [0.05, 0.1) is 0 Å². The summed E-state index contributed by atoms with van der Waals surface area (Å²) in [7, 11) is 0. The van der Waals surface area contributed by atoms with E-state index in [9.17, 15) is 0 Å². The molecule has 1 rings (SSSR count). The Labute approximate surface area is 62.4 Å². The Kier molecular flexibility index (Phi) is 3.72. The third-order valence-corrected chi connectivity index (χ3v) is 1.87. The minimum Gasteiger partial charge on any atom is -0.330 e. The largest absolute Gasteiger partial charge is 0.330 e. The van der Waals surface area contributed by atoms with Crippen LogP contribution in [0, 0.1) is 0 Å². The Morgan fingerprint density at radius 3 is 3.10 bits per heavy atom. The molecule has 1 fully saturated rings. The van der Waals surface area contributed by atoms with Crippen LogP contribution >= 0.6 is 0 Å². The van der Waals surface area contributed by atoms with Gasteiger partial charge in [-0.2, -0.15) is 0 Å². The molecule has 1 saturated heterocycles. The quantitative estimate of drug-likeness (QED) is 0.456. The highest BCUT2D eigenvalue weighted by Crippen LogP contribution is 1.95. The van der Waals surface area contributed by atoms with Gasteiger partial charge in [0.1, 0.15) is 0 Å². The molecule has 1 aliphatic heterocycles. The average Bonchev–Trinajstić information content (AvgIpc) is 2.41. The lowest BCUT2D eigenvalue weighted by Crippen LogP contribution is -2.32. The van der Waals surface area contributed by atoms with Crippen LogP contribution in [0.4, 0.5) is 0 Å². The first kappa shape index (κ1) is 7.98. The van der Waals surface area contributed by atoms with Gasteiger partial charge in [0, 0.05) is 12.6 Å². The van der Waals surface area contributed by atoms with Crippen LogP contribution in [0.15, 0.2) is 0 Å². The second kappa shape index (κ2) is 4.66. The van der Waals surface area contributed by atoms with E-state index in [1.165, 1.54) is 13.0 Å². The number of hydrogen-bond donors (Lipinski definition) is 3. The van der Waals surface area contributed by atoms with Crippen LogP contribution in [0.1, 0.15) is 12.8 Å². The third-order valence-electron chi connectivity index (χ3n) is 1.87. The van der Waals surface area contributed by atoms with Gasteiger partial charge in [0.15, 0.2) is 0 Å². The Bertz CT molecular complexity index is 78.9. The van der Waals surface area contributed by atoms with E-state index in [0.29, 0.717) is 6.04 Å². The lowest BCUT2D eigenvalue weighted by atomic mass is 10.2. The van der Waals surface area contributed by atoms with Crippen LogP contribution in [0.25, 0.3) is 0 Å². The van der Waals surface area contributed by atoms with Gasteiger partial charge in [-0.3, -0.25) is 0 Å². The summed E-state index contributed by atoms with van der Waals surface area (Å²) in [5.41, 5.74) is 5.36. The number of rotatable bonds is 4. The van der Waals surface area contributed by atoms with Crippen LogP contribution in [0.5, 0.6) is 0 Å². The number of hydrogen-bond acceptors (Lipinski definition) is 3. The summed E-state index contributed by atoms with van der Waals surface area (Å²) in [5, 5.41) is 6.75. The average molecular weight is 143 g/mol. The molecular formula is C7H17N3. The highest BCUT2D eigenvalue weighted by Gasteiger charge is 2.11. The van der Waals surface area contributed by atoms with Crippen molar-refractivity contribution < 1.29 is 0 Å². The van der Waals surface area contributed by atoms with Crippen LogP contribution in [0.3, 0.4) is 0 Å². The molecule has 0 radical (unpaired) electrons. The highest BCUT2D eigenvalue weighted by atomic mass is 15.0. The molecule has 0 aliphatic carbocycles. The summed E-state index contributed by atoms with van der Waals surface area (Å²) in [4.78, 5) is 0. The van der Waals surface area contributed by atoms with Gasteiger partial charge in [-0.15, -0.1) is 0 Å². The fraction of sp³-hybridized carbons (Fsp3) is 1.00. The van der Waals surface area contributed by atoms with Gasteiger partial charge in [-0.25, -0.2) is 0 Å². The van der Waals surface area contributed by atoms with Gasteiger partial charge in [0.25, 0.3) is 0 Å². The Hall–Kier alpha value is -0.120. The normalized spacial score (nSPS) is 25.5. The zero-order valence-corrected chi connectivity index (χ0v) is 6.40. The first-order valence-corrected chi connectivity index (χ1v) is 4.07. The standard InChI is InChI=1S/C7H17N3/c8-3-1-4-10-7-2-5-9-6-7/h7,9-10H,1-6,8H2/t7-/m0/s1. The first-order valence-electron chi connectivity index (χ1n) is 4.07. The van der Waals surface area contributed by atoms with Crippen LogP contribution < -0.4 is 16.4 Å². The van der Waals surface area contributed by atoms with E-state index in [1.807, 2.05) is 0 Å². The maximum atomic E-state index is 5.36. The van der Waals surface area contributed by atoms with Gasteiger partial charge in [0.2, 0.25) is 0 Å². The molecule has 0 bridgehead atoms. The molecule has 0 aromatic carbocycles. The van der Waals surface area contributed by atoms with Crippen molar-refractivity contribution >= 4 is 0 Å². The minimum atomic E-state index is 0.701. The fourth-order valence-corrected chi connectivity index (χ4v) is 1.24. The van der Waals surface area contributed by atoms with E-state index in [2.05, 4.69) is 10.6 Å². The summed E-state index contributed by atoms with van der Waals surface area (Å²) >= 11 is 0. The van der Waals surface area contributed by atoms with Crippen molar-refractivity contribution in [2.45, 2.75) is 18.9 Å². The van der Waals surface area contributed by atoms with Crippen LogP contribution in [0.2, 0.25) is 0 Å². The molecule has 0 saturated carbocycles. The molecule has 0 spiro atoms. The van der Waals surface area contributed by atoms with Crippen molar-refractivity contribution in [1.29, 1.82) is 0 Å². The predicted octanol–water partition coefficient (Wildman–Crippen LogP) is -0.713. The molecule has 10 heavy (non-hydrogen) atoms. The van der Waals surface area contributed by atoms with Crippen molar-refractivity contribution in [3.63, 3.8) is 0 Å². The molecule has 3 nitrogen and oxygen atoms in total. The van der Waals surface area contributed by atoms with Gasteiger partial charge >= 0.3 is 0 Å². The number of nitrogens with one attached hydrogen (secondary N) is 2.